The predicted molar refractivity (Wildman–Crippen MR) is 98.8 cm³/mol. The molecular weight excluding hydrogens is 338 g/mol. The molecule has 0 radical (unpaired) electrons. The molecule has 0 fully saturated rings. The van der Waals surface area contributed by atoms with Gasteiger partial charge < -0.3 is 21.5 Å². The standard InChI is InChI=1S/C17H15N5O2S/c1-8-9(7-18)15(20)22-17-12(8)13(19)14(25-17)16(23)21-10-5-3-4-6-11(10)24-2/h3-6H,19H2,1-2H3,(H2,20,22)(H,21,23). The number of aryl methyl sites for hydroxylation is 1. The van der Waals surface area contributed by atoms with Gasteiger partial charge in [0.05, 0.1) is 24.0 Å². The molecule has 0 saturated heterocycles. The molecule has 8 heteroatoms. The van der Waals surface area contributed by atoms with Crippen molar-refractivity contribution in [1.82, 2.24) is 4.98 Å². The van der Waals surface area contributed by atoms with Gasteiger partial charge in [0.25, 0.3) is 5.91 Å². The van der Waals surface area contributed by atoms with Crippen LogP contribution >= 0.6 is 11.3 Å². The quantitative estimate of drug-likeness (QED) is 0.664. The van der Waals surface area contributed by atoms with Crippen molar-refractivity contribution >= 4 is 44.7 Å². The summed E-state index contributed by atoms with van der Waals surface area (Å²) in [6.45, 7) is 1.74. The number of nitrogen functional groups attached to an aromatic ring is 2. The number of para-hydroxylation sites is 2. The number of carbonyl (C=O) groups excluding carboxylic acids is 1. The highest BCUT2D eigenvalue weighted by atomic mass is 32.1. The lowest BCUT2D eigenvalue weighted by Crippen LogP contribution is -2.12. The van der Waals surface area contributed by atoms with E-state index in [0.29, 0.717) is 32.1 Å². The number of ether oxygens (including phenoxy) is 1. The van der Waals surface area contributed by atoms with Gasteiger partial charge in [0.1, 0.15) is 27.3 Å². The van der Waals surface area contributed by atoms with Gasteiger partial charge in [0.15, 0.2) is 0 Å². The van der Waals surface area contributed by atoms with Crippen LogP contribution in [-0.4, -0.2) is 18.0 Å². The molecule has 126 valence electrons. The van der Waals surface area contributed by atoms with Crippen molar-refractivity contribution < 1.29 is 9.53 Å². The largest absolute Gasteiger partial charge is 0.495 e. The number of nitrogens with zero attached hydrogens (tertiary/aromatic N) is 2. The van der Waals surface area contributed by atoms with Crippen LogP contribution in [0.2, 0.25) is 0 Å². The fourth-order valence-corrected chi connectivity index (χ4v) is 3.65. The average molecular weight is 353 g/mol. The minimum Gasteiger partial charge on any atom is -0.495 e. The van der Waals surface area contributed by atoms with Crippen molar-refractivity contribution in [2.75, 3.05) is 23.9 Å². The molecule has 7 nitrogen and oxygen atoms in total. The lowest BCUT2D eigenvalue weighted by molar-refractivity contribution is 0.103. The van der Waals surface area contributed by atoms with Crippen molar-refractivity contribution in [3.05, 3.63) is 40.3 Å². The molecule has 1 aromatic carbocycles. The first-order chi connectivity index (χ1) is 12.0. The smallest absolute Gasteiger partial charge is 0.268 e. The number of amides is 1. The fourth-order valence-electron chi connectivity index (χ4n) is 2.59. The Kier molecular flexibility index (Phi) is 4.17. The van der Waals surface area contributed by atoms with E-state index in [1.165, 1.54) is 7.11 Å². The first-order valence-corrected chi connectivity index (χ1v) is 8.12. The van der Waals surface area contributed by atoms with E-state index < -0.39 is 0 Å². The van der Waals surface area contributed by atoms with Crippen LogP contribution < -0.4 is 21.5 Å². The molecule has 0 saturated carbocycles. The second-order valence-electron chi connectivity index (χ2n) is 5.29. The summed E-state index contributed by atoms with van der Waals surface area (Å²) in [4.78, 5) is 17.7. The topological polar surface area (TPSA) is 127 Å². The Morgan fingerprint density at radius 1 is 1.36 bits per heavy atom. The summed E-state index contributed by atoms with van der Waals surface area (Å²) in [7, 11) is 1.53. The number of hydrogen-bond acceptors (Lipinski definition) is 7. The first-order valence-electron chi connectivity index (χ1n) is 7.30. The van der Waals surface area contributed by atoms with E-state index in [1.807, 2.05) is 12.1 Å². The number of methoxy groups -OCH3 is 1. The number of rotatable bonds is 3. The van der Waals surface area contributed by atoms with Crippen LogP contribution in [0.4, 0.5) is 17.2 Å². The van der Waals surface area contributed by atoms with Crippen LogP contribution in [0.25, 0.3) is 10.2 Å². The van der Waals surface area contributed by atoms with Gasteiger partial charge in [-0.1, -0.05) is 12.1 Å². The third-order valence-electron chi connectivity index (χ3n) is 3.83. The van der Waals surface area contributed by atoms with E-state index in [1.54, 1.807) is 25.1 Å². The van der Waals surface area contributed by atoms with Gasteiger partial charge in [0.2, 0.25) is 0 Å². The van der Waals surface area contributed by atoms with Gasteiger partial charge in [-0.2, -0.15) is 5.26 Å². The third kappa shape index (κ3) is 2.70. The normalized spacial score (nSPS) is 10.4. The molecule has 0 aliphatic carbocycles. The summed E-state index contributed by atoms with van der Waals surface area (Å²) in [5.41, 5.74) is 13.7. The van der Waals surface area contributed by atoms with Gasteiger partial charge in [-0.3, -0.25) is 4.79 Å². The van der Waals surface area contributed by atoms with E-state index >= 15 is 0 Å². The maximum atomic E-state index is 12.7. The summed E-state index contributed by atoms with van der Waals surface area (Å²) in [6.07, 6.45) is 0. The summed E-state index contributed by atoms with van der Waals surface area (Å²) in [6, 6.07) is 9.09. The molecule has 5 N–H and O–H groups in total. The Morgan fingerprint density at radius 3 is 2.76 bits per heavy atom. The van der Waals surface area contributed by atoms with E-state index in [2.05, 4.69) is 10.3 Å². The lowest BCUT2D eigenvalue weighted by atomic mass is 10.1. The van der Waals surface area contributed by atoms with Crippen LogP contribution in [0.3, 0.4) is 0 Å². The van der Waals surface area contributed by atoms with Gasteiger partial charge >= 0.3 is 0 Å². The number of nitrogens with two attached hydrogens (primary N) is 2. The zero-order chi connectivity index (χ0) is 18.1. The Balaban J connectivity index is 2.07. The van der Waals surface area contributed by atoms with Crippen LogP contribution in [0.15, 0.2) is 24.3 Å². The number of aromatic nitrogens is 1. The van der Waals surface area contributed by atoms with Crippen LogP contribution in [0.1, 0.15) is 20.8 Å². The fraction of sp³-hybridized carbons (Fsp3) is 0.118. The van der Waals surface area contributed by atoms with Crippen molar-refractivity contribution in [2.45, 2.75) is 6.92 Å². The number of nitriles is 1. The highest BCUT2D eigenvalue weighted by Gasteiger charge is 2.22. The Hall–Kier alpha value is -3.31. The van der Waals surface area contributed by atoms with Crippen LogP contribution in [0, 0.1) is 18.3 Å². The number of anilines is 3. The molecule has 0 bridgehead atoms. The van der Waals surface area contributed by atoms with Gasteiger partial charge in [0, 0.05) is 5.39 Å². The van der Waals surface area contributed by atoms with Crippen molar-refractivity contribution in [1.29, 1.82) is 5.26 Å². The summed E-state index contributed by atoms with van der Waals surface area (Å²) >= 11 is 1.13. The Labute approximate surface area is 147 Å². The SMILES string of the molecule is COc1ccccc1NC(=O)c1sc2nc(N)c(C#N)c(C)c2c1N. The second-order valence-corrected chi connectivity index (χ2v) is 6.29. The van der Waals surface area contributed by atoms with Crippen LogP contribution in [0.5, 0.6) is 5.75 Å². The molecule has 3 rings (SSSR count). The molecule has 0 spiro atoms. The number of pyridine rings is 1. The van der Waals surface area contributed by atoms with Crippen molar-refractivity contribution in [2.24, 2.45) is 0 Å². The number of carbonyl (C=O) groups is 1. The highest BCUT2D eigenvalue weighted by molar-refractivity contribution is 7.21. The summed E-state index contributed by atoms with van der Waals surface area (Å²) in [5, 5.41) is 12.6. The summed E-state index contributed by atoms with van der Waals surface area (Å²) in [5.74, 6) is 0.299. The molecular formula is C17H15N5O2S. The van der Waals surface area contributed by atoms with Gasteiger partial charge in [-0.05, 0) is 24.6 Å². The van der Waals surface area contributed by atoms with Crippen molar-refractivity contribution in [3.8, 4) is 11.8 Å². The van der Waals surface area contributed by atoms with Gasteiger partial charge in [-0.15, -0.1) is 11.3 Å². The highest BCUT2D eigenvalue weighted by Crippen LogP contribution is 2.38. The maximum absolute atomic E-state index is 12.7. The number of benzene rings is 1. The summed E-state index contributed by atoms with van der Waals surface area (Å²) < 4.78 is 5.23. The molecule has 1 amide bonds. The first kappa shape index (κ1) is 16.5. The monoisotopic (exact) mass is 353 g/mol. The minimum atomic E-state index is -0.374. The number of fused-ring (bicyclic) bond motifs is 1. The predicted octanol–water partition coefficient (Wildman–Crippen LogP) is 2.90. The van der Waals surface area contributed by atoms with E-state index in [9.17, 15) is 10.1 Å². The molecule has 0 aliphatic rings. The lowest BCUT2D eigenvalue weighted by Gasteiger charge is -2.09. The zero-order valence-corrected chi connectivity index (χ0v) is 14.4. The van der Waals surface area contributed by atoms with E-state index in [0.717, 1.165) is 11.3 Å². The van der Waals surface area contributed by atoms with Crippen molar-refractivity contribution in [3.63, 3.8) is 0 Å². The zero-order valence-electron chi connectivity index (χ0n) is 13.6. The van der Waals surface area contributed by atoms with E-state index in [4.69, 9.17) is 16.2 Å². The Bertz CT molecular complexity index is 1040. The molecule has 2 heterocycles. The molecule has 3 aromatic rings. The average Bonchev–Trinajstić information content (AvgIpc) is 2.92. The third-order valence-corrected chi connectivity index (χ3v) is 4.93. The maximum Gasteiger partial charge on any atom is 0.268 e. The minimum absolute atomic E-state index is 0.130. The van der Waals surface area contributed by atoms with E-state index in [-0.39, 0.29) is 23.0 Å². The molecule has 25 heavy (non-hydrogen) atoms. The molecule has 0 atom stereocenters. The number of hydrogen-bond donors (Lipinski definition) is 3. The Morgan fingerprint density at radius 2 is 2.08 bits per heavy atom. The number of nitrogens with one attached hydrogen (secondary N) is 1. The van der Waals surface area contributed by atoms with Gasteiger partial charge in [-0.25, -0.2) is 4.98 Å². The molecule has 0 aliphatic heterocycles. The molecule has 2 aromatic heterocycles. The number of thiophene rings is 1. The second kappa shape index (κ2) is 6.30. The molecule has 0 unspecified atom stereocenters. The van der Waals surface area contributed by atoms with Crippen LogP contribution in [-0.2, 0) is 0 Å².